The van der Waals surface area contributed by atoms with Crippen molar-refractivity contribution in [1.29, 1.82) is 0 Å². The number of benzene rings is 4. The Morgan fingerprint density at radius 3 is 1.60 bits per heavy atom. The largest absolute Gasteiger partial charge is 0.504 e. The zero-order valence-corrected chi connectivity index (χ0v) is 29.4. The van der Waals surface area contributed by atoms with Crippen LogP contribution in [0, 0.1) is 0 Å². The molecule has 50 heavy (non-hydrogen) atoms. The van der Waals surface area contributed by atoms with Gasteiger partial charge in [0.15, 0.2) is 11.5 Å². The third-order valence-electron chi connectivity index (χ3n) is 8.19. The Hall–Kier alpha value is -5.09. The van der Waals surface area contributed by atoms with E-state index in [1.807, 2.05) is 48.6 Å². The van der Waals surface area contributed by atoms with Crippen LogP contribution in [0.2, 0.25) is 0 Å². The summed E-state index contributed by atoms with van der Waals surface area (Å²) in [7, 11) is 0. The maximum absolute atomic E-state index is 10.4. The van der Waals surface area contributed by atoms with Crippen LogP contribution < -0.4 is 0 Å². The van der Waals surface area contributed by atoms with E-state index in [1.165, 1.54) is 67.3 Å². The molecule has 4 nitrogen and oxygen atoms in total. The van der Waals surface area contributed by atoms with Crippen LogP contribution in [-0.4, -0.2) is 21.3 Å². The molecule has 0 aliphatic heterocycles. The second-order valence-electron chi connectivity index (χ2n) is 12.5. The SMILES string of the molecule is O=C(O)CCCCCCC/C=C\C/C=C\CCCCCc1cccc(C=Cc2ccccc2)c1.Oc1ccc(C=Cc2ccccc2)cc1O. The average Bonchev–Trinajstić information content (AvgIpc) is 3.14. The van der Waals surface area contributed by atoms with E-state index in [1.54, 1.807) is 6.07 Å². The molecule has 0 bridgehead atoms. The molecule has 0 fully saturated rings. The van der Waals surface area contributed by atoms with Crippen molar-refractivity contribution in [1.82, 2.24) is 0 Å². The summed E-state index contributed by atoms with van der Waals surface area (Å²) in [5, 5.41) is 27.1. The zero-order chi connectivity index (χ0) is 35.5. The van der Waals surface area contributed by atoms with Crippen molar-refractivity contribution < 1.29 is 20.1 Å². The molecule has 0 saturated carbocycles. The van der Waals surface area contributed by atoms with E-state index < -0.39 is 5.97 Å². The molecule has 0 heterocycles. The lowest BCUT2D eigenvalue weighted by molar-refractivity contribution is -0.137. The molecule has 3 N–H and O–H groups in total. The summed E-state index contributed by atoms with van der Waals surface area (Å²) in [4.78, 5) is 10.4. The van der Waals surface area contributed by atoms with E-state index in [-0.39, 0.29) is 11.5 Å². The molecule has 0 unspecified atom stereocenters. The Morgan fingerprint density at radius 1 is 0.480 bits per heavy atom. The summed E-state index contributed by atoms with van der Waals surface area (Å²) in [6.45, 7) is 0. The summed E-state index contributed by atoms with van der Waals surface area (Å²) in [6, 6.07) is 34.0. The second kappa shape index (κ2) is 25.0. The van der Waals surface area contributed by atoms with E-state index >= 15 is 0 Å². The fourth-order valence-electron chi connectivity index (χ4n) is 5.35. The lowest BCUT2D eigenvalue weighted by Crippen LogP contribution is -1.93. The molecule has 0 aromatic heterocycles. The minimum Gasteiger partial charge on any atom is -0.504 e. The highest BCUT2D eigenvalue weighted by Crippen LogP contribution is 2.25. The monoisotopic (exact) mass is 670 g/mol. The van der Waals surface area contributed by atoms with Gasteiger partial charge in [0.2, 0.25) is 0 Å². The molecule has 0 radical (unpaired) electrons. The molecular weight excluding hydrogens is 617 g/mol. The van der Waals surface area contributed by atoms with Gasteiger partial charge in [0, 0.05) is 6.42 Å². The van der Waals surface area contributed by atoms with E-state index in [4.69, 9.17) is 10.2 Å². The highest BCUT2D eigenvalue weighted by atomic mass is 16.4. The summed E-state index contributed by atoms with van der Waals surface area (Å²) >= 11 is 0. The molecular formula is C46H54O4. The minimum absolute atomic E-state index is 0.100. The van der Waals surface area contributed by atoms with Crippen molar-refractivity contribution in [2.24, 2.45) is 0 Å². The number of phenolic OH excluding ortho intramolecular Hbond substituents is 2. The maximum atomic E-state index is 10.4. The summed E-state index contributed by atoms with van der Waals surface area (Å²) in [5.41, 5.74) is 5.87. The predicted molar refractivity (Wildman–Crippen MR) is 212 cm³/mol. The number of allylic oxidation sites excluding steroid dienone is 4. The van der Waals surface area contributed by atoms with E-state index in [9.17, 15) is 9.90 Å². The van der Waals surface area contributed by atoms with Gasteiger partial charge in [-0.15, -0.1) is 0 Å². The Kier molecular flexibility index (Phi) is 19.6. The molecule has 4 aromatic carbocycles. The van der Waals surface area contributed by atoms with Crippen LogP contribution in [0.15, 0.2) is 127 Å². The molecule has 0 spiro atoms. The second-order valence-corrected chi connectivity index (χ2v) is 12.5. The third kappa shape index (κ3) is 18.5. The van der Waals surface area contributed by atoms with Crippen molar-refractivity contribution in [3.05, 3.63) is 155 Å². The molecule has 0 aliphatic rings. The number of phenols is 2. The van der Waals surface area contributed by atoms with Crippen LogP contribution in [0.4, 0.5) is 0 Å². The number of hydrogen-bond donors (Lipinski definition) is 3. The number of carboxylic acid groups (broad SMARTS) is 1. The van der Waals surface area contributed by atoms with E-state index in [0.29, 0.717) is 6.42 Å². The number of unbranched alkanes of at least 4 members (excludes halogenated alkanes) is 8. The lowest BCUT2D eigenvalue weighted by atomic mass is 10.0. The number of carbonyl (C=O) groups is 1. The fraction of sp³-hybridized carbons (Fsp3) is 0.283. The Labute approximate surface area is 299 Å². The van der Waals surface area contributed by atoms with Gasteiger partial charge in [-0.2, -0.15) is 0 Å². The van der Waals surface area contributed by atoms with Crippen molar-refractivity contribution in [2.75, 3.05) is 0 Å². The van der Waals surface area contributed by atoms with Gasteiger partial charge in [0.05, 0.1) is 0 Å². The van der Waals surface area contributed by atoms with Gasteiger partial charge in [0.25, 0.3) is 0 Å². The first-order valence-electron chi connectivity index (χ1n) is 18.1. The topological polar surface area (TPSA) is 77.8 Å². The number of aryl methyl sites for hydroxylation is 1. The van der Waals surface area contributed by atoms with E-state index in [0.717, 1.165) is 49.7 Å². The molecule has 0 amide bonds. The van der Waals surface area contributed by atoms with Crippen LogP contribution in [0.1, 0.15) is 105 Å². The van der Waals surface area contributed by atoms with Crippen molar-refractivity contribution in [2.45, 2.75) is 83.5 Å². The van der Waals surface area contributed by atoms with Gasteiger partial charge in [0.1, 0.15) is 0 Å². The van der Waals surface area contributed by atoms with Crippen LogP contribution >= 0.6 is 0 Å². The van der Waals surface area contributed by atoms with Crippen molar-refractivity contribution in [3.8, 4) is 11.5 Å². The third-order valence-corrected chi connectivity index (χ3v) is 8.19. The molecule has 0 aliphatic carbocycles. The number of carboxylic acids is 1. The Bertz CT molecular complexity index is 1620. The molecule has 4 aromatic rings. The number of aliphatic carboxylic acids is 1. The van der Waals surface area contributed by atoms with Gasteiger partial charge < -0.3 is 15.3 Å². The van der Waals surface area contributed by atoms with Gasteiger partial charge in [-0.25, -0.2) is 0 Å². The molecule has 0 saturated heterocycles. The normalized spacial score (nSPS) is 11.4. The van der Waals surface area contributed by atoms with Crippen LogP contribution in [0.3, 0.4) is 0 Å². The summed E-state index contributed by atoms with van der Waals surface area (Å²) in [5.74, 6) is -0.878. The Morgan fingerprint density at radius 2 is 1.00 bits per heavy atom. The Balaban J connectivity index is 0.000000349. The quantitative estimate of drug-likeness (QED) is 0.0378. The van der Waals surface area contributed by atoms with Crippen molar-refractivity contribution >= 4 is 30.3 Å². The first-order valence-corrected chi connectivity index (χ1v) is 18.1. The number of rotatable bonds is 20. The predicted octanol–water partition coefficient (Wildman–Crippen LogP) is 12.5. The number of aromatic hydroxyl groups is 2. The minimum atomic E-state index is -0.676. The first kappa shape index (κ1) is 39.3. The first-order chi connectivity index (χ1) is 24.5. The average molecular weight is 671 g/mol. The molecule has 4 heteroatoms. The number of hydrogen-bond acceptors (Lipinski definition) is 3. The standard InChI is InChI=1S/C32H42O2.C14H12O2/c33-32(34)25-18-13-11-9-7-5-3-1-2-4-6-8-10-12-15-22-30-23-19-24-31(28-30)27-26-29-20-16-14-17-21-29;15-13-9-8-12(10-14(13)16)7-6-11-4-2-1-3-5-11/h1,3-4,6,14,16-17,19-21,23-24,26-28H,2,5,7-13,15,18,22,25H2,(H,33,34);1-10,15-16H/b3-1-,6-4-,27-26?;. The molecule has 262 valence electrons. The highest BCUT2D eigenvalue weighted by molar-refractivity contribution is 5.71. The van der Waals surface area contributed by atoms with E-state index in [2.05, 4.69) is 85.0 Å². The fourth-order valence-corrected chi connectivity index (χ4v) is 5.35. The summed E-state index contributed by atoms with van der Waals surface area (Å²) < 4.78 is 0. The lowest BCUT2D eigenvalue weighted by Gasteiger charge is -2.03. The van der Waals surface area contributed by atoms with Gasteiger partial charge >= 0.3 is 5.97 Å². The smallest absolute Gasteiger partial charge is 0.303 e. The maximum Gasteiger partial charge on any atom is 0.303 e. The highest BCUT2D eigenvalue weighted by Gasteiger charge is 1.98. The van der Waals surface area contributed by atoms with Gasteiger partial charge in [-0.1, -0.05) is 165 Å². The van der Waals surface area contributed by atoms with Crippen LogP contribution in [0.25, 0.3) is 24.3 Å². The van der Waals surface area contributed by atoms with Crippen molar-refractivity contribution in [3.63, 3.8) is 0 Å². The molecule has 0 atom stereocenters. The zero-order valence-electron chi connectivity index (χ0n) is 29.4. The van der Waals surface area contributed by atoms with Crippen LogP contribution in [-0.2, 0) is 11.2 Å². The van der Waals surface area contributed by atoms with Gasteiger partial charge in [-0.05, 0) is 91.3 Å². The summed E-state index contributed by atoms with van der Waals surface area (Å²) in [6.07, 6.45) is 31.4. The van der Waals surface area contributed by atoms with Crippen LogP contribution in [0.5, 0.6) is 11.5 Å². The van der Waals surface area contributed by atoms with Gasteiger partial charge in [-0.3, -0.25) is 4.79 Å². The molecule has 4 rings (SSSR count).